The Labute approximate surface area is 124 Å². The first kappa shape index (κ1) is 14.2. The molecule has 1 saturated carbocycles. The first-order chi connectivity index (χ1) is 8.58. The second-order valence-electron chi connectivity index (χ2n) is 5.91. The van der Waals surface area contributed by atoms with E-state index in [0.29, 0.717) is 17.9 Å². The highest BCUT2D eigenvalue weighted by atomic mass is 127. The Morgan fingerprint density at radius 2 is 1.94 bits per heavy atom. The van der Waals surface area contributed by atoms with Gasteiger partial charge in [-0.3, -0.25) is 0 Å². The lowest BCUT2D eigenvalue weighted by molar-refractivity contribution is 0.0454. The first-order valence-corrected chi connectivity index (χ1v) is 8.07. The maximum absolute atomic E-state index is 6.32. The molecular formula is C16H23IO. The molecule has 1 nitrogen and oxygen atoms in total. The van der Waals surface area contributed by atoms with Crippen LogP contribution in [0.5, 0.6) is 5.75 Å². The Bertz CT molecular complexity index is 388. The van der Waals surface area contributed by atoms with Gasteiger partial charge in [0, 0.05) is 0 Å². The number of hydrogen-bond donors (Lipinski definition) is 0. The van der Waals surface area contributed by atoms with Crippen molar-refractivity contribution in [3.05, 3.63) is 27.8 Å². The van der Waals surface area contributed by atoms with Gasteiger partial charge in [0.1, 0.15) is 11.9 Å². The zero-order valence-corrected chi connectivity index (χ0v) is 13.7. The Balaban J connectivity index is 2.11. The molecule has 1 aliphatic carbocycles. The molecule has 1 aromatic rings. The quantitative estimate of drug-likeness (QED) is 0.681. The summed E-state index contributed by atoms with van der Waals surface area (Å²) < 4.78 is 7.54. The average molecular weight is 358 g/mol. The van der Waals surface area contributed by atoms with Gasteiger partial charge in [0.25, 0.3) is 0 Å². The van der Waals surface area contributed by atoms with Crippen molar-refractivity contribution >= 4 is 22.6 Å². The molecule has 0 heterocycles. The van der Waals surface area contributed by atoms with Gasteiger partial charge in [0.15, 0.2) is 0 Å². The molecule has 0 aromatic heterocycles. The molecule has 0 spiro atoms. The maximum atomic E-state index is 6.32. The summed E-state index contributed by atoms with van der Waals surface area (Å²) in [4.78, 5) is 0. The van der Waals surface area contributed by atoms with E-state index >= 15 is 0 Å². The second-order valence-corrected chi connectivity index (χ2v) is 7.08. The lowest BCUT2D eigenvalue weighted by Gasteiger charge is -2.37. The van der Waals surface area contributed by atoms with Gasteiger partial charge in [-0.1, -0.05) is 39.3 Å². The number of ether oxygens (including phenoxy) is 1. The molecule has 0 N–H and O–H groups in total. The molecule has 0 unspecified atom stereocenters. The highest BCUT2D eigenvalue weighted by molar-refractivity contribution is 14.1. The largest absolute Gasteiger partial charge is 0.489 e. The van der Waals surface area contributed by atoms with Crippen LogP contribution in [-0.4, -0.2) is 6.10 Å². The molecule has 1 aliphatic rings. The maximum Gasteiger partial charge on any atom is 0.133 e. The third-order valence-electron chi connectivity index (χ3n) is 4.08. The van der Waals surface area contributed by atoms with Crippen molar-refractivity contribution in [2.75, 3.05) is 0 Å². The predicted molar refractivity (Wildman–Crippen MR) is 84.9 cm³/mol. The minimum Gasteiger partial charge on any atom is -0.489 e. The van der Waals surface area contributed by atoms with Crippen molar-refractivity contribution < 1.29 is 4.74 Å². The molecular weight excluding hydrogens is 335 g/mol. The standard InChI is InChI=1S/C16H23IO/c1-11(2)13-9-8-12(3)10-16(13)18-15-7-5-4-6-14(15)17/h4-7,11-13,16H,8-10H2,1-3H3/t12-,13+,16-/m1/s1. The third kappa shape index (κ3) is 3.40. The Morgan fingerprint density at radius 3 is 2.61 bits per heavy atom. The summed E-state index contributed by atoms with van der Waals surface area (Å²) >= 11 is 2.36. The van der Waals surface area contributed by atoms with E-state index in [4.69, 9.17) is 4.74 Å². The van der Waals surface area contributed by atoms with Crippen LogP contribution in [0.25, 0.3) is 0 Å². The van der Waals surface area contributed by atoms with Crippen molar-refractivity contribution in [1.82, 2.24) is 0 Å². The minimum atomic E-state index is 0.393. The molecule has 0 aliphatic heterocycles. The van der Waals surface area contributed by atoms with Crippen molar-refractivity contribution in [1.29, 1.82) is 0 Å². The smallest absolute Gasteiger partial charge is 0.133 e. The van der Waals surface area contributed by atoms with Crippen molar-refractivity contribution in [2.45, 2.75) is 46.1 Å². The lowest BCUT2D eigenvalue weighted by atomic mass is 9.75. The fraction of sp³-hybridized carbons (Fsp3) is 0.625. The molecule has 0 radical (unpaired) electrons. The normalized spacial score (nSPS) is 28.4. The molecule has 1 aromatic carbocycles. The molecule has 18 heavy (non-hydrogen) atoms. The topological polar surface area (TPSA) is 9.23 Å². The summed E-state index contributed by atoms with van der Waals surface area (Å²) in [5.74, 6) is 3.27. The number of rotatable bonds is 3. The highest BCUT2D eigenvalue weighted by Gasteiger charge is 2.32. The van der Waals surface area contributed by atoms with Gasteiger partial charge in [-0.25, -0.2) is 0 Å². The van der Waals surface area contributed by atoms with Crippen LogP contribution in [0.15, 0.2) is 24.3 Å². The monoisotopic (exact) mass is 358 g/mol. The molecule has 1 fully saturated rings. The summed E-state index contributed by atoms with van der Waals surface area (Å²) in [6.45, 7) is 7.00. The SMILES string of the molecule is CC(C)[C@@H]1CC[C@@H](C)C[C@H]1Oc1ccccc1I. The van der Waals surface area contributed by atoms with Gasteiger partial charge in [-0.15, -0.1) is 0 Å². The summed E-state index contributed by atoms with van der Waals surface area (Å²) in [6, 6.07) is 8.34. The number of halogens is 1. The van der Waals surface area contributed by atoms with E-state index in [9.17, 15) is 0 Å². The van der Waals surface area contributed by atoms with E-state index in [1.54, 1.807) is 0 Å². The van der Waals surface area contributed by atoms with Crippen LogP contribution in [-0.2, 0) is 0 Å². The number of hydrogen-bond acceptors (Lipinski definition) is 1. The van der Waals surface area contributed by atoms with Crippen LogP contribution >= 0.6 is 22.6 Å². The van der Waals surface area contributed by atoms with Crippen molar-refractivity contribution in [2.24, 2.45) is 17.8 Å². The van der Waals surface area contributed by atoms with Crippen LogP contribution in [0.3, 0.4) is 0 Å². The minimum absolute atomic E-state index is 0.393. The molecule has 2 heteroatoms. The van der Waals surface area contributed by atoms with Gasteiger partial charge in [-0.05, 0) is 65.3 Å². The fourth-order valence-corrected chi connectivity index (χ4v) is 3.47. The predicted octanol–water partition coefficient (Wildman–Crippen LogP) is 5.13. The van der Waals surface area contributed by atoms with Gasteiger partial charge in [-0.2, -0.15) is 0 Å². The summed E-state index contributed by atoms with van der Waals surface area (Å²) in [5.41, 5.74) is 0. The Kier molecular flexibility index (Phi) is 4.93. The molecule has 0 saturated heterocycles. The Hall–Kier alpha value is -0.250. The third-order valence-corrected chi connectivity index (χ3v) is 4.97. The molecule has 3 atom stereocenters. The highest BCUT2D eigenvalue weighted by Crippen LogP contribution is 2.36. The van der Waals surface area contributed by atoms with Gasteiger partial charge < -0.3 is 4.74 Å². The van der Waals surface area contributed by atoms with Crippen LogP contribution in [0.1, 0.15) is 40.0 Å². The number of para-hydroxylation sites is 1. The summed E-state index contributed by atoms with van der Waals surface area (Å²) in [5, 5.41) is 0. The zero-order valence-electron chi connectivity index (χ0n) is 11.5. The Morgan fingerprint density at radius 1 is 1.22 bits per heavy atom. The van der Waals surface area contributed by atoms with E-state index < -0.39 is 0 Å². The first-order valence-electron chi connectivity index (χ1n) is 6.99. The summed E-state index contributed by atoms with van der Waals surface area (Å²) in [6.07, 6.45) is 4.26. The van der Waals surface area contributed by atoms with Gasteiger partial charge in [0.05, 0.1) is 3.57 Å². The zero-order chi connectivity index (χ0) is 13.1. The van der Waals surface area contributed by atoms with Gasteiger partial charge >= 0.3 is 0 Å². The molecule has 0 amide bonds. The van der Waals surface area contributed by atoms with Crippen LogP contribution < -0.4 is 4.74 Å². The molecule has 2 rings (SSSR count). The van der Waals surface area contributed by atoms with Gasteiger partial charge in [0.2, 0.25) is 0 Å². The summed E-state index contributed by atoms with van der Waals surface area (Å²) in [7, 11) is 0. The van der Waals surface area contributed by atoms with Crippen LogP contribution in [0.4, 0.5) is 0 Å². The van der Waals surface area contributed by atoms with Crippen molar-refractivity contribution in [3.63, 3.8) is 0 Å². The molecule has 100 valence electrons. The number of benzene rings is 1. The fourth-order valence-electron chi connectivity index (χ4n) is 2.95. The van der Waals surface area contributed by atoms with Crippen LogP contribution in [0, 0.1) is 21.3 Å². The van der Waals surface area contributed by atoms with E-state index in [1.165, 1.54) is 22.8 Å². The van der Waals surface area contributed by atoms with Crippen molar-refractivity contribution in [3.8, 4) is 5.75 Å². The second kappa shape index (κ2) is 6.27. The van der Waals surface area contributed by atoms with E-state index in [1.807, 2.05) is 0 Å². The van der Waals surface area contributed by atoms with Crippen LogP contribution in [0.2, 0.25) is 0 Å². The lowest BCUT2D eigenvalue weighted by Crippen LogP contribution is -2.36. The van der Waals surface area contributed by atoms with E-state index in [-0.39, 0.29) is 0 Å². The van der Waals surface area contributed by atoms with E-state index in [2.05, 4.69) is 67.6 Å². The molecule has 0 bridgehead atoms. The average Bonchev–Trinajstić information content (AvgIpc) is 2.32. The van der Waals surface area contributed by atoms with E-state index in [0.717, 1.165) is 11.7 Å².